The van der Waals surface area contributed by atoms with Crippen molar-refractivity contribution in [3.63, 3.8) is 0 Å². The summed E-state index contributed by atoms with van der Waals surface area (Å²) in [5, 5.41) is 7.74. The maximum atomic E-state index is 12.2. The van der Waals surface area contributed by atoms with Crippen LogP contribution in [0.5, 0.6) is 0 Å². The van der Waals surface area contributed by atoms with Crippen LogP contribution in [0.1, 0.15) is 47.1 Å². The van der Waals surface area contributed by atoms with Crippen LogP contribution in [-0.2, 0) is 23.4 Å². The van der Waals surface area contributed by atoms with Crippen molar-refractivity contribution in [2.75, 3.05) is 13.6 Å². The highest BCUT2D eigenvalue weighted by atomic mass is 32.1. The average Bonchev–Trinajstić information content (AvgIpc) is 2.89. The standard InChI is InChI=1S/C23H35N5OS/c1-9-14-27-20(17-10-12-18(13-11-17)22(2,3)4)25-28(21(27)30)16-26(8)15-19(29)24-23(5,6)7/h9-13H,1,14-16H2,2-8H3,(H,24,29). The molecule has 1 aromatic carbocycles. The number of allylic oxidation sites excluding steroid dienone is 1. The lowest BCUT2D eigenvalue weighted by atomic mass is 9.87. The van der Waals surface area contributed by atoms with Gasteiger partial charge >= 0.3 is 0 Å². The fourth-order valence-electron chi connectivity index (χ4n) is 3.14. The van der Waals surface area contributed by atoms with E-state index in [-0.39, 0.29) is 23.4 Å². The van der Waals surface area contributed by atoms with Crippen LogP contribution in [0.3, 0.4) is 0 Å². The number of carbonyl (C=O) groups excluding carboxylic acids is 1. The van der Waals surface area contributed by atoms with Gasteiger partial charge in [-0.25, -0.2) is 4.68 Å². The zero-order valence-corrected chi connectivity index (χ0v) is 20.1. The average molecular weight is 430 g/mol. The molecular weight excluding hydrogens is 394 g/mol. The third kappa shape index (κ3) is 6.37. The minimum atomic E-state index is -0.258. The summed E-state index contributed by atoms with van der Waals surface area (Å²) in [5.74, 6) is 0.771. The van der Waals surface area contributed by atoms with Crippen LogP contribution in [0.15, 0.2) is 36.9 Å². The predicted octanol–water partition coefficient (Wildman–Crippen LogP) is 4.37. The van der Waals surface area contributed by atoms with Crippen LogP contribution in [0.4, 0.5) is 0 Å². The van der Waals surface area contributed by atoms with Crippen molar-refractivity contribution in [3.8, 4) is 11.4 Å². The second-order valence-electron chi connectivity index (χ2n) is 9.79. The summed E-state index contributed by atoms with van der Waals surface area (Å²) in [7, 11) is 1.88. The molecule has 0 fully saturated rings. The molecule has 0 radical (unpaired) electrons. The molecule has 0 aliphatic rings. The molecular formula is C23H35N5OS. The van der Waals surface area contributed by atoms with Crippen LogP contribution in [0, 0.1) is 4.77 Å². The Balaban J connectivity index is 2.28. The van der Waals surface area contributed by atoms with E-state index in [9.17, 15) is 4.79 Å². The number of rotatable bonds is 7. The topological polar surface area (TPSA) is 55.1 Å². The van der Waals surface area contributed by atoms with Crippen LogP contribution in [0.25, 0.3) is 11.4 Å². The van der Waals surface area contributed by atoms with Crippen molar-refractivity contribution in [1.29, 1.82) is 0 Å². The number of nitrogens with one attached hydrogen (secondary N) is 1. The number of aromatic nitrogens is 3. The van der Waals surface area contributed by atoms with E-state index in [1.165, 1.54) is 5.56 Å². The monoisotopic (exact) mass is 429 g/mol. The number of carbonyl (C=O) groups is 1. The first-order chi connectivity index (χ1) is 13.8. The molecule has 6 nitrogen and oxygen atoms in total. The molecule has 0 saturated heterocycles. The van der Waals surface area contributed by atoms with Gasteiger partial charge in [-0.3, -0.25) is 14.3 Å². The molecule has 2 rings (SSSR count). The molecule has 30 heavy (non-hydrogen) atoms. The highest BCUT2D eigenvalue weighted by Gasteiger charge is 2.18. The highest BCUT2D eigenvalue weighted by molar-refractivity contribution is 7.71. The first kappa shape index (κ1) is 24.0. The molecule has 1 aromatic heterocycles. The second kappa shape index (κ2) is 9.27. The Morgan fingerprint density at radius 3 is 2.30 bits per heavy atom. The van der Waals surface area contributed by atoms with Gasteiger partial charge < -0.3 is 5.32 Å². The van der Waals surface area contributed by atoms with Crippen molar-refractivity contribution in [3.05, 3.63) is 47.3 Å². The van der Waals surface area contributed by atoms with Gasteiger partial charge in [0.25, 0.3) is 0 Å². The summed E-state index contributed by atoms with van der Waals surface area (Å²) in [6.07, 6.45) is 1.81. The summed E-state index contributed by atoms with van der Waals surface area (Å²) >= 11 is 5.67. The zero-order chi connectivity index (χ0) is 22.7. The normalized spacial score (nSPS) is 12.3. The van der Waals surface area contributed by atoms with E-state index in [4.69, 9.17) is 17.3 Å². The van der Waals surface area contributed by atoms with Gasteiger partial charge in [0.15, 0.2) is 10.6 Å². The van der Waals surface area contributed by atoms with Crippen molar-refractivity contribution in [2.45, 2.75) is 65.7 Å². The summed E-state index contributed by atoms with van der Waals surface area (Å²) < 4.78 is 4.33. The SMILES string of the molecule is C=CCn1c(-c2ccc(C(C)(C)C)cc2)nn(CN(C)CC(=O)NC(C)(C)C)c1=S. The van der Waals surface area contributed by atoms with E-state index >= 15 is 0 Å². The maximum Gasteiger partial charge on any atom is 0.234 e. The minimum absolute atomic E-state index is 0.0277. The van der Waals surface area contributed by atoms with Crippen LogP contribution in [-0.4, -0.2) is 44.3 Å². The van der Waals surface area contributed by atoms with Gasteiger partial charge in [0.1, 0.15) is 0 Å². The van der Waals surface area contributed by atoms with Gasteiger partial charge in [-0.1, -0.05) is 51.1 Å². The predicted molar refractivity (Wildman–Crippen MR) is 126 cm³/mol. The van der Waals surface area contributed by atoms with E-state index in [0.717, 1.165) is 11.4 Å². The number of hydrogen-bond acceptors (Lipinski definition) is 4. The van der Waals surface area contributed by atoms with Crippen molar-refractivity contribution >= 4 is 18.1 Å². The summed E-state index contributed by atoms with van der Waals surface area (Å²) in [4.78, 5) is 14.1. The minimum Gasteiger partial charge on any atom is -0.350 e. The first-order valence-corrected chi connectivity index (χ1v) is 10.6. The number of hydrogen-bond donors (Lipinski definition) is 1. The Hall–Kier alpha value is -2.25. The van der Waals surface area contributed by atoms with Gasteiger partial charge in [-0.15, -0.1) is 6.58 Å². The quantitative estimate of drug-likeness (QED) is 0.525. The Morgan fingerprint density at radius 2 is 1.80 bits per heavy atom. The van der Waals surface area contributed by atoms with Crippen molar-refractivity contribution in [1.82, 2.24) is 24.6 Å². The number of amides is 1. The fraction of sp³-hybridized carbons (Fsp3) is 0.522. The van der Waals surface area contributed by atoms with Gasteiger partial charge in [-0.05, 0) is 51.0 Å². The Bertz CT molecular complexity index is 942. The highest BCUT2D eigenvalue weighted by Crippen LogP contribution is 2.26. The van der Waals surface area contributed by atoms with Gasteiger partial charge in [0.05, 0.1) is 13.2 Å². The Kier molecular flexibility index (Phi) is 7.42. The van der Waals surface area contributed by atoms with Crippen LogP contribution < -0.4 is 5.32 Å². The molecule has 2 aromatic rings. The smallest absolute Gasteiger partial charge is 0.234 e. The summed E-state index contributed by atoms with van der Waals surface area (Å²) in [6.45, 7) is 17.6. The van der Waals surface area contributed by atoms with Crippen LogP contribution in [0.2, 0.25) is 0 Å². The molecule has 0 spiro atoms. The molecule has 1 heterocycles. The third-order valence-corrected chi connectivity index (χ3v) is 4.98. The first-order valence-electron chi connectivity index (χ1n) is 10.2. The molecule has 0 saturated carbocycles. The van der Waals surface area contributed by atoms with E-state index in [0.29, 0.717) is 18.0 Å². The number of likely N-dealkylation sites (N-methyl/N-ethyl adjacent to an activating group) is 1. The molecule has 0 aliphatic carbocycles. The third-order valence-electron chi connectivity index (χ3n) is 4.55. The molecule has 0 unspecified atom stereocenters. The maximum absolute atomic E-state index is 12.2. The summed E-state index contributed by atoms with van der Waals surface area (Å²) in [5.41, 5.74) is 2.10. The lowest BCUT2D eigenvalue weighted by Crippen LogP contribution is -2.45. The second-order valence-corrected chi connectivity index (χ2v) is 10.2. The lowest BCUT2D eigenvalue weighted by molar-refractivity contribution is -0.123. The molecule has 0 bridgehead atoms. The number of benzene rings is 1. The Morgan fingerprint density at radius 1 is 1.20 bits per heavy atom. The summed E-state index contributed by atoms with van der Waals surface area (Å²) in [6, 6.07) is 8.45. The molecule has 0 atom stereocenters. The molecule has 0 aliphatic heterocycles. The van der Waals surface area contributed by atoms with Gasteiger partial charge in [0, 0.05) is 17.6 Å². The van der Waals surface area contributed by atoms with Crippen molar-refractivity contribution in [2.24, 2.45) is 0 Å². The van der Waals surface area contributed by atoms with E-state index in [2.05, 4.69) is 56.9 Å². The van der Waals surface area contributed by atoms with Gasteiger partial charge in [0.2, 0.25) is 5.91 Å². The van der Waals surface area contributed by atoms with Gasteiger partial charge in [-0.2, -0.15) is 5.10 Å². The largest absolute Gasteiger partial charge is 0.350 e. The van der Waals surface area contributed by atoms with Crippen LogP contribution >= 0.6 is 12.2 Å². The molecule has 1 amide bonds. The number of nitrogens with zero attached hydrogens (tertiary/aromatic N) is 4. The fourth-order valence-corrected chi connectivity index (χ4v) is 3.40. The molecule has 1 N–H and O–H groups in total. The zero-order valence-electron chi connectivity index (χ0n) is 19.3. The molecule has 7 heteroatoms. The molecule has 164 valence electrons. The van der Waals surface area contributed by atoms with E-state index < -0.39 is 0 Å². The van der Waals surface area contributed by atoms with E-state index in [1.54, 1.807) is 4.68 Å². The van der Waals surface area contributed by atoms with E-state index in [1.807, 2.05) is 43.4 Å². The van der Waals surface area contributed by atoms with Crippen molar-refractivity contribution < 1.29 is 4.79 Å². The lowest BCUT2D eigenvalue weighted by Gasteiger charge is -2.23. The Labute approximate surface area is 185 Å².